The van der Waals surface area contributed by atoms with Gasteiger partial charge < -0.3 is 9.84 Å². The van der Waals surface area contributed by atoms with Gasteiger partial charge in [-0.05, 0) is 116 Å². The van der Waals surface area contributed by atoms with Crippen molar-refractivity contribution >= 4 is 11.8 Å². The standard InChI is InChI=1S/C36H50O4/c1-23-25-12-15-36(6)30(34(25,4)14-13-28(23)37)29(38)20-26-27-21-33(3,17-16-32(27,2)18-19-35(26,36)5)31(39)40-22-24-10-8-7-9-11-24/h7-11,20,23,25,27-28,30,37H,12-19,21-22H2,1-6H3/t23-,25?,27+,28+,30?,32-,33+,34+,35-,36-/m1/s1. The molecule has 5 aliphatic carbocycles. The van der Waals surface area contributed by atoms with Crippen LogP contribution in [0.25, 0.3) is 0 Å². The number of allylic oxidation sites excluding steroid dienone is 2. The molecule has 40 heavy (non-hydrogen) atoms. The van der Waals surface area contributed by atoms with E-state index < -0.39 is 5.41 Å². The highest BCUT2D eigenvalue weighted by molar-refractivity contribution is 5.95. The summed E-state index contributed by atoms with van der Waals surface area (Å²) in [7, 11) is 0. The maximum atomic E-state index is 14.4. The first-order valence-corrected chi connectivity index (χ1v) is 15.9. The summed E-state index contributed by atoms with van der Waals surface area (Å²) in [5.41, 5.74) is 1.67. The van der Waals surface area contributed by atoms with Crippen molar-refractivity contribution in [2.75, 3.05) is 0 Å². The van der Waals surface area contributed by atoms with Gasteiger partial charge in [-0.15, -0.1) is 0 Å². The molecule has 0 bridgehead atoms. The molecule has 4 fully saturated rings. The number of aliphatic hydroxyl groups is 1. The Hall–Kier alpha value is -1.94. The van der Waals surface area contributed by atoms with Crippen LogP contribution >= 0.6 is 0 Å². The van der Waals surface area contributed by atoms with Gasteiger partial charge in [0, 0.05) is 5.92 Å². The number of aliphatic hydroxyl groups excluding tert-OH is 1. The van der Waals surface area contributed by atoms with Crippen molar-refractivity contribution in [1.29, 1.82) is 0 Å². The van der Waals surface area contributed by atoms with Crippen molar-refractivity contribution in [3.05, 3.63) is 47.5 Å². The van der Waals surface area contributed by atoms with Crippen molar-refractivity contribution in [1.82, 2.24) is 0 Å². The predicted octanol–water partition coefficient (Wildman–Crippen LogP) is 7.68. The molecule has 218 valence electrons. The van der Waals surface area contributed by atoms with E-state index in [0.29, 0.717) is 18.3 Å². The average Bonchev–Trinajstić information content (AvgIpc) is 2.92. The quantitative estimate of drug-likeness (QED) is 0.395. The van der Waals surface area contributed by atoms with Gasteiger partial charge in [0.15, 0.2) is 5.78 Å². The van der Waals surface area contributed by atoms with Crippen LogP contribution in [0.2, 0.25) is 0 Å². The molecule has 1 aromatic carbocycles. The summed E-state index contributed by atoms with van der Waals surface area (Å²) in [5, 5.41) is 10.7. The number of ketones is 1. The van der Waals surface area contributed by atoms with Gasteiger partial charge in [0.1, 0.15) is 6.61 Å². The van der Waals surface area contributed by atoms with Crippen molar-refractivity contribution in [3.8, 4) is 0 Å². The van der Waals surface area contributed by atoms with E-state index in [-0.39, 0.29) is 51.5 Å². The molecule has 0 aliphatic heterocycles. The summed E-state index contributed by atoms with van der Waals surface area (Å²) < 4.78 is 5.92. The summed E-state index contributed by atoms with van der Waals surface area (Å²) >= 11 is 0. The molecule has 0 heterocycles. The molecular weight excluding hydrogens is 496 g/mol. The normalized spacial score (nSPS) is 48.1. The van der Waals surface area contributed by atoms with Crippen LogP contribution in [0.1, 0.15) is 105 Å². The molecule has 1 N–H and O–H groups in total. The number of esters is 1. The third-order valence-corrected chi connectivity index (χ3v) is 13.8. The number of rotatable bonds is 3. The first-order chi connectivity index (χ1) is 18.8. The topological polar surface area (TPSA) is 63.6 Å². The molecule has 6 rings (SSSR count). The van der Waals surface area contributed by atoms with E-state index in [1.807, 2.05) is 30.3 Å². The van der Waals surface area contributed by atoms with E-state index in [2.05, 4.69) is 47.6 Å². The lowest BCUT2D eigenvalue weighted by molar-refractivity contribution is -0.186. The Bertz CT molecular complexity index is 1220. The first kappa shape index (κ1) is 28.2. The second-order valence-corrected chi connectivity index (χ2v) is 15.8. The summed E-state index contributed by atoms with van der Waals surface area (Å²) in [6.45, 7) is 14.3. The van der Waals surface area contributed by atoms with Crippen LogP contribution in [0.15, 0.2) is 42.0 Å². The van der Waals surface area contributed by atoms with Crippen molar-refractivity contribution < 1.29 is 19.4 Å². The summed E-state index contributed by atoms with van der Waals surface area (Å²) in [6.07, 6.45) is 10.5. The number of hydrogen-bond donors (Lipinski definition) is 1. The van der Waals surface area contributed by atoms with E-state index >= 15 is 0 Å². The van der Waals surface area contributed by atoms with Crippen LogP contribution in [0.3, 0.4) is 0 Å². The van der Waals surface area contributed by atoms with Gasteiger partial charge in [0.05, 0.1) is 11.5 Å². The number of carbonyl (C=O) groups excluding carboxylic acids is 2. The Kier molecular flexibility index (Phi) is 6.54. The number of carbonyl (C=O) groups is 2. The van der Waals surface area contributed by atoms with E-state index in [9.17, 15) is 14.7 Å². The predicted molar refractivity (Wildman–Crippen MR) is 157 cm³/mol. The molecule has 10 atom stereocenters. The van der Waals surface area contributed by atoms with Crippen molar-refractivity contribution in [2.24, 2.45) is 50.7 Å². The molecule has 4 saturated carbocycles. The second-order valence-electron chi connectivity index (χ2n) is 15.8. The zero-order valence-corrected chi connectivity index (χ0v) is 25.6. The molecule has 2 unspecified atom stereocenters. The van der Waals surface area contributed by atoms with Crippen molar-refractivity contribution in [2.45, 2.75) is 112 Å². The van der Waals surface area contributed by atoms with Crippen LogP contribution in [-0.2, 0) is 20.9 Å². The zero-order chi connectivity index (χ0) is 28.7. The minimum Gasteiger partial charge on any atom is -0.460 e. The molecule has 0 aromatic heterocycles. The van der Waals surface area contributed by atoms with Gasteiger partial charge >= 0.3 is 5.97 Å². The molecule has 5 aliphatic rings. The number of hydrogen-bond acceptors (Lipinski definition) is 4. The largest absolute Gasteiger partial charge is 0.460 e. The van der Waals surface area contributed by atoms with Gasteiger partial charge in [-0.2, -0.15) is 0 Å². The maximum Gasteiger partial charge on any atom is 0.312 e. The fraction of sp³-hybridized carbons (Fsp3) is 0.722. The zero-order valence-electron chi connectivity index (χ0n) is 25.6. The summed E-state index contributed by atoms with van der Waals surface area (Å²) in [5.74, 6) is 1.06. The van der Waals surface area contributed by atoms with Crippen LogP contribution in [0.4, 0.5) is 0 Å². The highest BCUT2D eigenvalue weighted by atomic mass is 16.5. The van der Waals surface area contributed by atoms with Crippen molar-refractivity contribution in [3.63, 3.8) is 0 Å². The van der Waals surface area contributed by atoms with Crippen LogP contribution in [-0.4, -0.2) is 23.0 Å². The molecule has 1 aromatic rings. The fourth-order valence-electron chi connectivity index (χ4n) is 10.9. The molecular formula is C36H50O4. The first-order valence-electron chi connectivity index (χ1n) is 15.9. The Morgan fingerprint density at radius 1 is 0.950 bits per heavy atom. The molecule has 0 spiro atoms. The van der Waals surface area contributed by atoms with E-state index in [1.54, 1.807) is 0 Å². The lowest BCUT2D eigenvalue weighted by Gasteiger charge is -2.69. The SMILES string of the molecule is C[C@@H]1C2CC[C@]3(C)C(C(=O)C=C4[C@@H]5C[C@@](C)(C(=O)OCc6ccccc6)CC[C@]5(C)CC[C@]43C)[C@@]2(C)CC[C@@H]1O. The lowest BCUT2D eigenvalue weighted by Crippen LogP contribution is -2.65. The Morgan fingerprint density at radius 3 is 2.38 bits per heavy atom. The van der Waals surface area contributed by atoms with E-state index in [1.165, 1.54) is 5.57 Å². The highest BCUT2D eigenvalue weighted by Crippen LogP contribution is 2.74. The molecule has 0 saturated heterocycles. The number of benzene rings is 1. The highest BCUT2D eigenvalue weighted by Gasteiger charge is 2.69. The van der Waals surface area contributed by atoms with Crippen LogP contribution < -0.4 is 0 Å². The van der Waals surface area contributed by atoms with E-state index in [4.69, 9.17) is 4.74 Å². The Labute approximate surface area is 241 Å². The van der Waals surface area contributed by atoms with Crippen LogP contribution in [0, 0.1) is 50.7 Å². The van der Waals surface area contributed by atoms with Crippen LogP contribution in [0.5, 0.6) is 0 Å². The maximum absolute atomic E-state index is 14.4. The third-order valence-electron chi connectivity index (χ3n) is 13.8. The molecule has 0 amide bonds. The summed E-state index contributed by atoms with van der Waals surface area (Å²) in [6, 6.07) is 9.93. The molecule has 4 nitrogen and oxygen atoms in total. The van der Waals surface area contributed by atoms with Gasteiger partial charge in [-0.1, -0.05) is 70.5 Å². The molecule has 4 heteroatoms. The van der Waals surface area contributed by atoms with Gasteiger partial charge in [0.2, 0.25) is 0 Å². The Morgan fingerprint density at radius 2 is 1.65 bits per heavy atom. The monoisotopic (exact) mass is 546 g/mol. The number of ether oxygens (including phenoxy) is 1. The minimum absolute atomic E-state index is 0.00221. The minimum atomic E-state index is -0.544. The molecule has 0 radical (unpaired) electrons. The fourth-order valence-corrected chi connectivity index (χ4v) is 10.9. The Balaban J connectivity index is 1.33. The van der Waals surface area contributed by atoms with Gasteiger partial charge in [-0.3, -0.25) is 9.59 Å². The third kappa shape index (κ3) is 3.87. The average molecular weight is 547 g/mol. The van der Waals surface area contributed by atoms with Gasteiger partial charge in [-0.25, -0.2) is 0 Å². The lowest BCUT2D eigenvalue weighted by atomic mass is 9.34. The smallest absolute Gasteiger partial charge is 0.312 e. The second kappa shape index (κ2) is 9.28. The summed E-state index contributed by atoms with van der Waals surface area (Å²) in [4.78, 5) is 28.0. The van der Waals surface area contributed by atoms with E-state index in [0.717, 1.165) is 63.4 Å². The number of fused-ring (bicyclic) bond motifs is 7. The van der Waals surface area contributed by atoms with Gasteiger partial charge in [0.25, 0.3) is 0 Å².